The minimum atomic E-state index is -3.01. The van der Waals surface area contributed by atoms with E-state index in [1.165, 1.54) is 11.3 Å². The predicted molar refractivity (Wildman–Crippen MR) is 79.4 cm³/mol. The molecule has 2 rings (SSSR count). The number of rotatable bonds is 1. The molecule has 1 unspecified atom stereocenters. The van der Waals surface area contributed by atoms with E-state index in [9.17, 15) is 13.2 Å². The van der Waals surface area contributed by atoms with E-state index in [4.69, 9.17) is 5.73 Å². The van der Waals surface area contributed by atoms with Crippen LogP contribution in [0.15, 0.2) is 12.1 Å². The average Bonchev–Trinajstić information content (AvgIpc) is 2.83. The van der Waals surface area contributed by atoms with Gasteiger partial charge in [0.1, 0.15) is 0 Å². The van der Waals surface area contributed by atoms with Gasteiger partial charge in [0.05, 0.1) is 27.8 Å². The second-order valence-corrected chi connectivity index (χ2v) is 7.94. The highest BCUT2D eigenvalue weighted by Crippen LogP contribution is 2.21. The summed E-state index contributed by atoms with van der Waals surface area (Å²) < 4.78 is 23.0. The van der Waals surface area contributed by atoms with Crippen LogP contribution in [0.5, 0.6) is 0 Å². The first-order chi connectivity index (χ1) is 9.43. The Morgan fingerprint density at radius 2 is 2.30 bits per heavy atom. The highest BCUT2D eigenvalue weighted by Gasteiger charge is 2.32. The number of thiophene rings is 1. The Balaban J connectivity index is 2.13. The van der Waals surface area contributed by atoms with Crippen LogP contribution in [0.4, 0.5) is 0 Å². The summed E-state index contributed by atoms with van der Waals surface area (Å²) in [6.45, 7) is 2.30. The molecule has 108 valence electrons. The number of carbonyl (C=O) groups is 1. The summed E-state index contributed by atoms with van der Waals surface area (Å²) in [5.74, 6) is 5.56. The van der Waals surface area contributed by atoms with E-state index in [0.29, 0.717) is 4.88 Å². The molecule has 0 saturated carbocycles. The molecule has 0 aromatic carbocycles. The molecule has 0 aliphatic carbocycles. The number of carbonyl (C=O) groups excluding carboxylic acids is 1. The minimum Gasteiger partial charge on any atom is -0.333 e. The first-order valence-corrected chi connectivity index (χ1v) is 8.87. The smallest absolute Gasteiger partial charge is 0.264 e. The van der Waals surface area contributed by atoms with Gasteiger partial charge in [0.15, 0.2) is 9.84 Å². The molecule has 2 heterocycles. The Hall–Kier alpha value is -1.36. The fraction of sp³-hybridized carbons (Fsp3) is 0.462. The van der Waals surface area contributed by atoms with Crippen LogP contribution in [-0.2, 0) is 9.84 Å². The molecule has 7 heteroatoms. The zero-order valence-corrected chi connectivity index (χ0v) is 12.8. The zero-order valence-electron chi connectivity index (χ0n) is 11.1. The van der Waals surface area contributed by atoms with E-state index in [1.54, 1.807) is 24.0 Å². The van der Waals surface area contributed by atoms with Crippen LogP contribution < -0.4 is 5.73 Å². The van der Waals surface area contributed by atoms with Gasteiger partial charge in [-0.1, -0.05) is 11.8 Å². The van der Waals surface area contributed by atoms with Gasteiger partial charge in [-0.15, -0.1) is 11.3 Å². The molecule has 20 heavy (non-hydrogen) atoms. The molecule has 1 aromatic rings. The van der Waals surface area contributed by atoms with Gasteiger partial charge in [-0.3, -0.25) is 4.79 Å². The first kappa shape index (κ1) is 15.0. The second kappa shape index (κ2) is 5.95. The fourth-order valence-electron chi connectivity index (χ4n) is 2.10. The summed E-state index contributed by atoms with van der Waals surface area (Å²) in [7, 11) is -3.01. The largest absolute Gasteiger partial charge is 0.333 e. The normalized spacial score (nSPS) is 21.1. The number of hydrogen-bond acceptors (Lipinski definition) is 5. The highest BCUT2D eigenvalue weighted by molar-refractivity contribution is 7.91. The number of sulfone groups is 1. The lowest BCUT2D eigenvalue weighted by atomic mass is 10.3. The van der Waals surface area contributed by atoms with Crippen LogP contribution in [0, 0.1) is 11.8 Å². The Labute approximate surface area is 122 Å². The molecule has 1 fully saturated rings. The maximum Gasteiger partial charge on any atom is 0.264 e. The van der Waals surface area contributed by atoms with Crippen molar-refractivity contribution < 1.29 is 13.2 Å². The van der Waals surface area contributed by atoms with Crippen LogP contribution in [-0.4, -0.2) is 49.9 Å². The van der Waals surface area contributed by atoms with Crippen molar-refractivity contribution >= 4 is 27.1 Å². The number of nitrogens with two attached hydrogens (primary N) is 1. The van der Waals surface area contributed by atoms with Gasteiger partial charge >= 0.3 is 0 Å². The average molecular weight is 312 g/mol. The van der Waals surface area contributed by atoms with Crippen LogP contribution in [0.25, 0.3) is 0 Å². The molecule has 5 nitrogen and oxygen atoms in total. The summed E-state index contributed by atoms with van der Waals surface area (Å²) in [5.41, 5.74) is 5.30. The molecule has 0 bridgehead atoms. The molecular formula is C13H16N2O3S2. The molecule has 1 aliphatic rings. The molecule has 1 saturated heterocycles. The van der Waals surface area contributed by atoms with Gasteiger partial charge in [0.25, 0.3) is 5.91 Å². The quantitative estimate of drug-likeness (QED) is 0.757. The Bertz CT molecular complexity index is 667. The SMILES string of the molecule is CC1CS(=O)(=O)CCN1C(=O)c1ccc(C#CCN)s1. The molecular weight excluding hydrogens is 296 g/mol. The van der Waals surface area contributed by atoms with Crippen molar-refractivity contribution in [1.29, 1.82) is 0 Å². The Morgan fingerprint density at radius 1 is 1.55 bits per heavy atom. The van der Waals surface area contributed by atoms with Gasteiger partial charge in [0.2, 0.25) is 0 Å². The van der Waals surface area contributed by atoms with Crippen LogP contribution in [0.1, 0.15) is 21.5 Å². The van der Waals surface area contributed by atoms with Gasteiger partial charge in [-0.05, 0) is 19.1 Å². The van der Waals surface area contributed by atoms with E-state index in [0.717, 1.165) is 4.88 Å². The molecule has 1 aliphatic heterocycles. The topological polar surface area (TPSA) is 80.5 Å². The highest BCUT2D eigenvalue weighted by atomic mass is 32.2. The van der Waals surface area contributed by atoms with E-state index < -0.39 is 9.84 Å². The molecule has 2 N–H and O–H groups in total. The van der Waals surface area contributed by atoms with Gasteiger partial charge < -0.3 is 10.6 Å². The van der Waals surface area contributed by atoms with Crippen molar-refractivity contribution in [2.24, 2.45) is 5.73 Å². The lowest BCUT2D eigenvalue weighted by molar-refractivity contribution is 0.0717. The second-order valence-electron chi connectivity index (χ2n) is 4.63. The van der Waals surface area contributed by atoms with E-state index in [2.05, 4.69) is 11.8 Å². The van der Waals surface area contributed by atoms with Crippen molar-refractivity contribution in [3.05, 3.63) is 21.9 Å². The lowest BCUT2D eigenvalue weighted by Crippen LogP contribution is -2.49. The van der Waals surface area contributed by atoms with Gasteiger partial charge in [0, 0.05) is 12.6 Å². The Kier molecular flexibility index (Phi) is 4.48. The van der Waals surface area contributed by atoms with Crippen molar-refractivity contribution in [1.82, 2.24) is 4.90 Å². The van der Waals surface area contributed by atoms with Crippen molar-refractivity contribution in [3.8, 4) is 11.8 Å². The van der Waals surface area contributed by atoms with Crippen LogP contribution in [0.3, 0.4) is 0 Å². The fourth-order valence-corrected chi connectivity index (χ4v) is 4.49. The third-order valence-corrected chi connectivity index (χ3v) is 5.85. The van der Waals surface area contributed by atoms with E-state index in [1.807, 2.05) is 0 Å². The zero-order chi connectivity index (χ0) is 14.8. The third-order valence-electron chi connectivity index (χ3n) is 3.06. The number of amides is 1. The number of nitrogens with zero attached hydrogens (tertiary/aromatic N) is 1. The first-order valence-electron chi connectivity index (χ1n) is 6.23. The minimum absolute atomic E-state index is 0.0317. The summed E-state index contributed by atoms with van der Waals surface area (Å²) in [6.07, 6.45) is 0. The Morgan fingerprint density at radius 3 is 2.95 bits per heavy atom. The summed E-state index contributed by atoms with van der Waals surface area (Å²) >= 11 is 1.31. The van der Waals surface area contributed by atoms with Crippen LogP contribution >= 0.6 is 11.3 Å². The molecule has 0 spiro atoms. The van der Waals surface area contributed by atoms with Gasteiger partial charge in [-0.2, -0.15) is 0 Å². The lowest BCUT2D eigenvalue weighted by Gasteiger charge is -2.32. The molecule has 1 amide bonds. The van der Waals surface area contributed by atoms with E-state index in [-0.39, 0.29) is 36.5 Å². The standard InChI is InChI=1S/C13H16N2O3S2/c1-10-9-20(17,18)8-7-15(10)13(16)12-5-4-11(19-12)3-2-6-14/h4-5,10H,6-9,14H2,1H3. The monoisotopic (exact) mass is 312 g/mol. The van der Waals surface area contributed by atoms with Crippen molar-refractivity contribution in [2.45, 2.75) is 13.0 Å². The van der Waals surface area contributed by atoms with Crippen LogP contribution in [0.2, 0.25) is 0 Å². The third kappa shape index (κ3) is 3.39. The number of hydrogen-bond donors (Lipinski definition) is 1. The summed E-state index contributed by atoms with van der Waals surface area (Å²) in [4.78, 5) is 15.4. The van der Waals surface area contributed by atoms with Crippen molar-refractivity contribution in [2.75, 3.05) is 24.6 Å². The molecule has 0 radical (unpaired) electrons. The summed E-state index contributed by atoms with van der Waals surface area (Å²) in [6, 6.07) is 3.22. The predicted octanol–water partition coefficient (Wildman–Crippen LogP) is 0.317. The van der Waals surface area contributed by atoms with Crippen molar-refractivity contribution in [3.63, 3.8) is 0 Å². The van der Waals surface area contributed by atoms with E-state index >= 15 is 0 Å². The maximum absolute atomic E-state index is 12.4. The maximum atomic E-state index is 12.4. The molecule has 1 aromatic heterocycles. The molecule has 1 atom stereocenters. The van der Waals surface area contributed by atoms with Gasteiger partial charge in [-0.25, -0.2) is 8.42 Å². The summed E-state index contributed by atoms with van der Waals surface area (Å²) in [5, 5.41) is 0.